The van der Waals surface area contributed by atoms with E-state index in [2.05, 4.69) is 29.9 Å². The van der Waals surface area contributed by atoms with E-state index in [9.17, 15) is 29.5 Å². The van der Waals surface area contributed by atoms with Crippen LogP contribution in [-0.2, 0) is 28.2 Å². The summed E-state index contributed by atoms with van der Waals surface area (Å²) in [4.78, 5) is 59.7. The van der Waals surface area contributed by atoms with Crippen molar-refractivity contribution >= 4 is 41.8 Å². The number of H-pyrrole nitrogens is 4. The highest BCUT2D eigenvalue weighted by atomic mass is 31.2. The van der Waals surface area contributed by atoms with Crippen LogP contribution < -0.4 is 31.7 Å². The van der Waals surface area contributed by atoms with E-state index in [4.69, 9.17) is 44.9 Å². The smallest absolute Gasteiger partial charge is 0.351 e. The lowest BCUT2D eigenvalue weighted by Crippen LogP contribution is -2.46. The van der Waals surface area contributed by atoms with Crippen molar-refractivity contribution in [3.8, 4) is 0 Å². The van der Waals surface area contributed by atoms with Gasteiger partial charge in [-0.25, -0.2) is 9.13 Å². The number of nitrogen functional groups attached to an aromatic ring is 2. The number of aromatic amines is 4. The Bertz CT molecular complexity index is 1860. The lowest BCUT2D eigenvalue weighted by atomic mass is 10.1. The van der Waals surface area contributed by atoms with Crippen LogP contribution in [0, 0.1) is 0 Å². The molecule has 24 heteroatoms. The Hall–Kier alpha value is -3.87. The average molecular weight is 677 g/mol. The second-order valence-corrected chi connectivity index (χ2v) is 11.7. The Kier molecular flexibility index (Phi) is 9.53. The summed E-state index contributed by atoms with van der Waals surface area (Å²) in [6, 6.07) is 0. The van der Waals surface area contributed by atoms with Crippen molar-refractivity contribution in [2.45, 2.75) is 49.3 Å². The Morgan fingerprint density at radius 1 is 0.891 bits per heavy atom. The Morgan fingerprint density at radius 2 is 1.37 bits per heavy atom. The largest absolute Gasteiger partial charge is 0.394 e. The van der Waals surface area contributed by atoms with Gasteiger partial charge in [0.15, 0.2) is 25.3 Å². The van der Waals surface area contributed by atoms with Crippen LogP contribution in [0.2, 0.25) is 0 Å². The molecule has 0 bridgehead atoms. The summed E-state index contributed by atoms with van der Waals surface area (Å²) in [6.07, 6.45) is -5.93. The number of aliphatic hydroxyl groups excluding tert-OH is 3. The van der Waals surface area contributed by atoms with Crippen molar-refractivity contribution < 1.29 is 62.5 Å². The van der Waals surface area contributed by atoms with Crippen LogP contribution in [0.5, 0.6) is 0 Å². The van der Waals surface area contributed by atoms with Gasteiger partial charge in [0, 0.05) is 14.2 Å². The Morgan fingerprint density at radius 3 is 1.83 bits per heavy atom. The lowest BCUT2D eigenvalue weighted by Gasteiger charge is -2.16. The van der Waals surface area contributed by atoms with Gasteiger partial charge in [-0.05, 0) is 0 Å². The third-order valence-corrected chi connectivity index (χ3v) is 7.67. The maximum Gasteiger partial charge on any atom is 0.351 e. The first-order chi connectivity index (χ1) is 21.8. The quantitative estimate of drug-likeness (QED) is 0.0614. The molecule has 13 N–H and O–H groups in total. The molecule has 2 saturated heterocycles. The third kappa shape index (κ3) is 6.38. The molecule has 23 nitrogen and oxygen atoms in total. The van der Waals surface area contributed by atoms with E-state index in [1.165, 1.54) is 36.0 Å². The maximum atomic E-state index is 11.9. The van der Waals surface area contributed by atoms with Crippen molar-refractivity contribution in [3.63, 3.8) is 0 Å². The van der Waals surface area contributed by atoms with E-state index >= 15 is 0 Å². The van der Waals surface area contributed by atoms with Crippen molar-refractivity contribution in [3.05, 3.63) is 33.4 Å². The van der Waals surface area contributed by atoms with Crippen LogP contribution in [-0.4, -0.2) is 119 Å². The molecule has 2 aliphatic heterocycles. The van der Waals surface area contributed by atoms with Crippen LogP contribution in [0.1, 0.15) is 12.5 Å². The summed E-state index contributed by atoms with van der Waals surface area (Å²) in [5.41, 5.74) is 10.9. The zero-order valence-electron chi connectivity index (χ0n) is 24.1. The molecule has 6 rings (SSSR count). The Labute approximate surface area is 255 Å². The number of methoxy groups -OCH3 is 2. The zero-order chi connectivity index (χ0) is 33.5. The molecule has 4 aromatic rings. The number of rotatable bonds is 8. The number of imidazole rings is 2. The number of ether oxygens (including phenoxy) is 5. The van der Waals surface area contributed by atoms with E-state index in [1.807, 2.05) is 0 Å². The van der Waals surface area contributed by atoms with Crippen molar-refractivity contribution in [2.75, 3.05) is 38.6 Å². The molecular formula is C22H33N10O13P+2. The SMILES string of the molecule is CO[C@@H]1C(O)[C@@H](CO)O[C@H]1[n+]1c[nH]c2c(=O)[nH]c(N)nc21.CO[C@@H]1C(O)[C@@H](OCP(=O)(O)O)O[C@H]1[n+]1c[nH]c2c(=O)[nH]c(N)nc21. The van der Waals surface area contributed by atoms with Gasteiger partial charge in [0.05, 0.1) is 6.61 Å². The molecule has 0 aliphatic carbocycles. The predicted molar refractivity (Wildman–Crippen MR) is 149 cm³/mol. The summed E-state index contributed by atoms with van der Waals surface area (Å²) < 4.78 is 40.3. The number of hydrogen-bond acceptors (Lipinski definition) is 15. The van der Waals surface area contributed by atoms with E-state index in [0.717, 1.165) is 0 Å². The molecule has 8 atom stereocenters. The van der Waals surface area contributed by atoms with Gasteiger partial charge in [0.1, 0.15) is 30.5 Å². The monoisotopic (exact) mass is 676 g/mol. The molecule has 0 spiro atoms. The van der Waals surface area contributed by atoms with Crippen LogP contribution in [0.15, 0.2) is 22.2 Å². The number of nitrogens with two attached hydrogens (primary N) is 2. The Balaban J connectivity index is 0.000000184. The second kappa shape index (κ2) is 13.1. The van der Waals surface area contributed by atoms with Gasteiger partial charge in [0.2, 0.25) is 23.5 Å². The first kappa shape index (κ1) is 33.5. The summed E-state index contributed by atoms with van der Waals surface area (Å²) in [7, 11) is -1.70. The number of aromatic nitrogens is 8. The summed E-state index contributed by atoms with van der Waals surface area (Å²) in [5, 5.41) is 29.5. The molecule has 2 fully saturated rings. The fourth-order valence-electron chi connectivity index (χ4n) is 5.12. The molecule has 2 aliphatic rings. The minimum absolute atomic E-state index is 0.0351. The highest BCUT2D eigenvalue weighted by Crippen LogP contribution is 2.37. The van der Waals surface area contributed by atoms with Crippen LogP contribution >= 0.6 is 7.60 Å². The zero-order valence-corrected chi connectivity index (χ0v) is 25.0. The first-order valence-corrected chi connectivity index (χ1v) is 15.1. The highest BCUT2D eigenvalue weighted by Gasteiger charge is 2.50. The van der Waals surface area contributed by atoms with E-state index in [1.54, 1.807) is 0 Å². The fourth-order valence-corrected chi connectivity index (χ4v) is 5.47. The van der Waals surface area contributed by atoms with Crippen LogP contribution in [0.4, 0.5) is 11.9 Å². The lowest BCUT2D eigenvalue weighted by molar-refractivity contribution is -0.747. The first-order valence-electron chi connectivity index (χ1n) is 13.3. The van der Waals surface area contributed by atoms with Crippen LogP contribution in [0.3, 0.4) is 0 Å². The third-order valence-electron chi connectivity index (χ3n) is 7.18. The molecule has 6 heterocycles. The number of aliphatic hydroxyl groups is 3. The number of nitrogens with one attached hydrogen (secondary N) is 4. The minimum Gasteiger partial charge on any atom is -0.394 e. The predicted octanol–water partition coefficient (Wildman–Crippen LogP) is -5.11. The minimum atomic E-state index is -4.45. The topological polar surface area (TPSA) is 347 Å². The summed E-state index contributed by atoms with van der Waals surface area (Å²) in [6.45, 7) is -0.351. The average Bonchev–Trinajstić information content (AvgIpc) is 3.74. The van der Waals surface area contributed by atoms with E-state index in [0.29, 0.717) is 0 Å². The van der Waals surface area contributed by atoms with Gasteiger partial charge in [0.25, 0.3) is 23.0 Å². The van der Waals surface area contributed by atoms with Gasteiger partial charge in [-0.1, -0.05) is 9.97 Å². The molecule has 4 aromatic heterocycles. The molecule has 0 saturated carbocycles. The standard InChI is InChI=1S/C11H16N5O8P.C11H15N5O5/c1-22-6-5(17)10(23-3-25(19,20)21)24-9(6)16-2-13-4-7(16)14-11(12)15-8(4)18;1-20-7-6(18)4(2-17)21-10(7)16-3-13-5-8(16)14-11(12)15-9(5)19/h2,5-6,9-10,17H,3H2,1H3,(H5,12,14,15,18,19,20,21);3-4,6-7,10,17-18H,2H2,1H3,(H3,12,14,15,19)/p+2/t5?,6-,9-,10+;4-,6?,7-,10-/m11/s1. The molecule has 252 valence electrons. The van der Waals surface area contributed by atoms with Gasteiger partial charge in [-0.3, -0.25) is 34.1 Å². The van der Waals surface area contributed by atoms with Gasteiger partial charge < -0.3 is 60.3 Å². The molecule has 0 aromatic carbocycles. The van der Waals surface area contributed by atoms with Gasteiger partial charge in [-0.15, -0.1) is 0 Å². The summed E-state index contributed by atoms with van der Waals surface area (Å²) >= 11 is 0. The molecule has 0 amide bonds. The molecular weight excluding hydrogens is 643 g/mol. The number of fused-ring (bicyclic) bond motifs is 2. The van der Waals surface area contributed by atoms with E-state index in [-0.39, 0.29) is 40.8 Å². The molecule has 2 unspecified atom stereocenters. The second-order valence-electron chi connectivity index (χ2n) is 10.1. The highest BCUT2D eigenvalue weighted by molar-refractivity contribution is 7.51. The van der Waals surface area contributed by atoms with Crippen molar-refractivity contribution in [2.24, 2.45) is 0 Å². The number of hydrogen-bond donors (Lipinski definition) is 11. The van der Waals surface area contributed by atoms with Crippen LogP contribution in [0.25, 0.3) is 22.3 Å². The van der Waals surface area contributed by atoms with E-state index < -0.39 is 74.3 Å². The molecule has 0 radical (unpaired) electrons. The van der Waals surface area contributed by atoms with Gasteiger partial charge in [-0.2, -0.15) is 0 Å². The van der Waals surface area contributed by atoms with Crippen molar-refractivity contribution in [1.82, 2.24) is 29.9 Å². The normalized spacial score (nSPS) is 28.2. The summed E-state index contributed by atoms with van der Waals surface area (Å²) in [5.74, 6) is -0.153. The number of nitrogens with zero attached hydrogens (tertiary/aromatic N) is 4. The molecule has 46 heavy (non-hydrogen) atoms. The van der Waals surface area contributed by atoms with Gasteiger partial charge >= 0.3 is 18.9 Å². The fraction of sp³-hybridized carbons (Fsp3) is 0.545. The maximum absolute atomic E-state index is 11.9. The van der Waals surface area contributed by atoms with Crippen molar-refractivity contribution in [1.29, 1.82) is 0 Å². The number of anilines is 2.